The van der Waals surface area contributed by atoms with Gasteiger partial charge in [-0.05, 0) is 6.07 Å². The Labute approximate surface area is 67.6 Å². The lowest BCUT2D eigenvalue weighted by Crippen LogP contribution is -2.04. The van der Waals surface area contributed by atoms with E-state index in [2.05, 4.69) is 4.98 Å². The lowest BCUT2D eigenvalue weighted by molar-refractivity contribution is 0.0698. The molecule has 5 heteroatoms. The number of hydrogen-bond acceptors (Lipinski definition) is 3. The number of aromatic nitrogens is 1. The first kappa shape index (κ1) is 7.81. The van der Waals surface area contributed by atoms with E-state index in [4.69, 9.17) is 22.4 Å². The van der Waals surface area contributed by atoms with Crippen LogP contribution in [0.4, 0.5) is 5.82 Å². The average Bonchev–Trinajstić information content (AvgIpc) is 1.85. The summed E-state index contributed by atoms with van der Waals surface area (Å²) >= 11 is 5.52. The highest BCUT2D eigenvalue weighted by Gasteiger charge is 2.12. The van der Waals surface area contributed by atoms with Gasteiger partial charge < -0.3 is 10.8 Å². The zero-order chi connectivity index (χ0) is 8.43. The molecule has 0 fully saturated rings. The summed E-state index contributed by atoms with van der Waals surface area (Å²) in [4.78, 5) is 14.0. The fourth-order valence-corrected chi connectivity index (χ4v) is 0.899. The smallest absolute Gasteiger partial charge is 0.340 e. The number of halogens is 1. The van der Waals surface area contributed by atoms with Crippen molar-refractivity contribution in [3.63, 3.8) is 0 Å². The number of nitrogen functional groups attached to an aromatic ring is 1. The van der Waals surface area contributed by atoms with Gasteiger partial charge in [0, 0.05) is 6.20 Å². The van der Waals surface area contributed by atoms with E-state index in [0.29, 0.717) is 0 Å². The summed E-state index contributed by atoms with van der Waals surface area (Å²) in [6, 6.07) is 1.38. The third-order valence-corrected chi connectivity index (χ3v) is 1.46. The van der Waals surface area contributed by atoms with E-state index in [1.807, 2.05) is 0 Å². The summed E-state index contributed by atoms with van der Waals surface area (Å²) in [5.41, 5.74) is 5.10. The minimum Gasteiger partial charge on any atom is -0.478 e. The number of nitrogens with two attached hydrogens (primary N) is 1. The largest absolute Gasteiger partial charge is 0.478 e. The maximum Gasteiger partial charge on any atom is 0.340 e. The number of carbonyl (C=O) groups is 1. The van der Waals surface area contributed by atoms with Crippen molar-refractivity contribution in [1.82, 2.24) is 4.98 Å². The molecule has 0 bridgehead atoms. The molecule has 3 N–H and O–H groups in total. The fraction of sp³-hybridized carbons (Fsp3) is 0. The monoisotopic (exact) mass is 172 g/mol. The normalized spacial score (nSPS) is 9.55. The Morgan fingerprint density at radius 1 is 1.73 bits per heavy atom. The third-order valence-electron chi connectivity index (χ3n) is 1.14. The predicted molar refractivity (Wildman–Crippen MR) is 40.6 cm³/mol. The van der Waals surface area contributed by atoms with Gasteiger partial charge >= 0.3 is 5.97 Å². The summed E-state index contributed by atoms with van der Waals surface area (Å²) < 4.78 is 0. The second-order valence-corrected chi connectivity index (χ2v) is 2.27. The summed E-state index contributed by atoms with van der Waals surface area (Å²) in [5, 5.41) is 8.64. The van der Waals surface area contributed by atoms with Crippen molar-refractivity contribution in [2.45, 2.75) is 0 Å². The Bertz CT molecular complexity index is 280. The van der Waals surface area contributed by atoms with Crippen LogP contribution < -0.4 is 5.73 Å². The lowest BCUT2D eigenvalue weighted by atomic mass is 10.2. The lowest BCUT2D eigenvalue weighted by Gasteiger charge is -1.99. The zero-order valence-corrected chi connectivity index (χ0v) is 6.17. The standard InChI is InChI=1S/C6H5ClN2O2/c7-3-1-2-9-5(8)4(3)6(10)11/h1-2H,(H2,8,9)(H,10,11). The highest BCUT2D eigenvalue weighted by molar-refractivity contribution is 6.34. The Hall–Kier alpha value is -1.29. The van der Waals surface area contributed by atoms with Gasteiger partial charge in [0.1, 0.15) is 11.4 Å². The van der Waals surface area contributed by atoms with Crippen LogP contribution in [0.25, 0.3) is 0 Å². The van der Waals surface area contributed by atoms with Crippen molar-refractivity contribution in [3.8, 4) is 0 Å². The number of pyridine rings is 1. The van der Waals surface area contributed by atoms with Gasteiger partial charge in [-0.1, -0.05) is 11.6 Å². The van der Waals surface area contributed by atoms with Gasteiger partial charge in [-0.2, -0.15) is 0 Å². The fourth-order valence-electron chi connectivity index (χ4n) is 0.665. The van der Waals surface area contributed by atoms with Crippen molar-refractivity contribution >= 4 is 23.4 Å². The number of aromatic carboxylic acids is 1. The van der Waals surface area contributed by atoms with Gasteiger partial charge in [-0.15, -0.1) is 0 Å². The van der Waals surface area contributed by atoms with Crippen molar-refractivity contribution < 1.29 is 9.90 Å². The van der Waals surface area contributed by atoms with Crippen LogP contribution in [0.1, 0.15) is 10.4 Å². The molecule has 1 heterocycles. The Morgan fingerprint density at radius 2 is 2.36 bits per heavy atom. The topological polar surface area (TPSA) is 76.2 Å². The molecule has 0 unspecified atom stereocenters. The van der Waals surface area contributed by atoms with Crippen LogP contribution in [0.3, 0.4) is 0 Å². The molecule has 11 heavy (non-hydrogen) atoms. The average molecular weight is 173 g/mol. The molecule has 1 rings (SSSR count). The molecule has 4 nitrogen and oxygen atoms in total. The Kier molecular flexibility index (Phi) is 1.96. The van der Waals surface area contributed by atoms with Crippen LogP contribution in [0.15, 0.2) is 12.3 Å². The highest BCUT2D eigenvalue weighted by Crippen LogP contribution is 2.18. The molecule has 0 aliphatic rings. The number of carboxylic acids is 1. The van der Waals surface area contributed by atoms with Gasteiger partial charge in [0.05, 0.1) is 5.02 Å². The molecular weight excluding hydrogens is 168 g/mol. The van der Waals surface area contributed by atoms with Crippen LogP contribution in [-0.4, -0.2) is 16.1 Å². The van der Waals surface area contributed by atoms with Crippen molar-refractivity contribution in [3.05, 3.63) is 22.8 Å². The first-order valence-electron chi connectivity index (χ1n) is 2.76. The minimum atomic E-state index is -1.17. The molecule has 0 aliphatic carbocycles. The van der Waals surface area contributed by atoms with Crippen LogP contribution in [-0.2, 0) is 0 Å². The van der Waals surface area contributed by atoms with E-state index < -0.39 is 5.97 Å². The van der Waals surface area contributed by atoms with Crippen molar-refractivity contribution in [2.24, 2.45) is 0 Å². The van der Waals surface area contributed by atoms with E-state index in [1.54, 1.807) is 0 Å². The van der Waals surface area contributed by atoms with Crippen LogP contribution >= 0.6 is 11.6 Å². The molecule has 0 saturated carbocycles. The third kappa shape index (κ3) is 1.40. The van der Waals surface area contributed by atoms with Gasteiger partial charge in [0.15, 0.2) is 0 Å². The molecule has 0 radical (unpaired) electrons. The molecule has 0 saturated heterocycles. The van der Waals surface area contributed by atoms with E-state index in [0.717, 1.165) is 0 Å². The van der Waals surface area contributed by atoms with E-state index in [9.17, 15) is 4.79 Å². The Morgan fingerprint density at radius 3 is 2.73 bits per heavy atom. The molecule has 0 aliphatic heterocycles. The first-order chi connectivity index (χ1) is 5.13. The molecule has 0 spiro atoms. The minimum absolute atomic E-state index is 0.0648. The van der Waals surface area contributed by atoms with Crippen LogP contribution in [0, 0.1) is 0 Å². The number of hydrogen-bond donors (Lipinski definition) is 2. The summed E-state index contributed by atoms with van der Waals surface area (Å²) in [7, 11) is 0. The second-order valence-electron chi connectivity index (χ2n) is 1.86. The van der Waals surface area contributed by atoms with E-state index >= 15 is 0 Å². The first-order valence-corrected chi connectivity index (χ1v) is 3.14. The number of nitrogens with zero attached hydrogens (tertiary/aromatic N) is 1. The van der Waals surface area contributed by atoms with E-state index in [-0.39, 0.29) is 16.4 Å². The maximum absolute atomic E-state index is 10.4. The number of carboxylic acid groups (broad SMARTS) is 1. The van der Waals surface area contributed by atoms with Gasteiger partial charge in [-0.3, -0.25) is 0 Å². The molecule has 1 aromatic heterocycles. The Balaban J connectivity index is 3.32. The quantitative estimate of drug-likeness (QED) is 0.663. The second kappa shape index (κ2) is 2.75. The molecule has 58 valence electrons. The number of rotatable bonds is 1. The molecular formula is C6H5ClN2O2. The SMILES string of the molecule is Nc1nccc(Cl)c1C(=O)O. The zero-order valence-electron chi connectivity index (χ0n) is 5.41. The van der Waals surface area contributed by atoms with Crippen molar-refractivity contribution in [2.75, 3.05) is 5.73 Å². The highest BCUT2D eigenvalue weighted by atomic mass is 35.5. The molecule has 0 amide bonds. The van der Waals surface area contributed by atoms with E-state index in [1.165, 1.54) is 12.3 Å². The molecule has 0 atom stereocenters. The van der Waals surface area contributed by atoms with Crippen LogP contribution in [0.2, 0.25) is 5.02 Å². The summed E-state index contributed by atoms with van der Waals surface area (Å²) in [6.45, 7) is 0. The predicted octanol–water partition coefficient (Wildman–Crippen LogP) is 1.02. The maximum atomic E-state index is 10.4. The molecule has 1 aromatic rings. The van der Waals surface area contributed by atoms with Gasteiger partial charge in [0.25, 0.3) is 0 Å². The molecule has 0 aromatic carbocycles. The van der Waals surface area contributed by atoms with Crippen LogP contribution in [0.5, 0.6) is 0 Å². The number of anilines is 1. The van der Waals surface area contributed by atoms with Crippen molar-refractivity contribution in [1.29, 1.82) is 0 Å². The van der Waals surface area contributed by atoms with Gasteiger partial charge in [-0.25, -0.2) is 9.78 Å². The van der Waals surface area contributed by atoms with Gasteiger partial charge in [0.2, 0.25) is 0 Å². The summed E-state index contributed by atoms with van der Waals surface area (Å²) in [5.74, 6) is -1.23. The summed E-state index contributed by atoms with van der Waals surface area (Å²) in [6.07, 6.45) is 1.35.